The van der Waals surface area contributed by atoms with E-state index in [1.807, 2.05) is 17.8 Å². The van der Waals surface area contributed by atoms with Crippen molar-refractivity contribution < 1.29 is 9.53 Å². The van der Waals surface area contributed by atoms with E-state index in [1.54, 1.807) is 6.20 Å². The first-order chi connectivity index (χ1) is 9.67. The monoisotopic (exact) mass is 280 g/mol. The zero-order valence-electron chi connectivity index (χ0n) is 12.0. The molecule has 1 aromatic heterocycles. The molecule has 2 unspecified atom stereocenters. The molecule has 3 N–H and O–H groups in total. The van der Waals surface area contributed by atoms with Crippen LogP contribution in [-0.2, 0) is 16.1 Å². The summed E-state index contributed by atoms with van der Waals surface area (Å²) in [5.74, 6) is 0.393. The minimum Gasteiger partial charge on any atom is -0.376 e. The lowest BCUT2D eigenvalue weighted by Crippen LogP contribution is -2.16. The van der Waals surface area contributed by atoms with Gasteiger partial charge >= 0.3 is 0 Å². The molecule has 0 radical (unpaired) electrons. The minimum absolute atomic E-state index is 0.0157. The van der Waals surface area contributed by atoms with Crippen LogP contribution in [0.1, 0.15) is 32.6 Å². The Hall–Kier alpha value is -1.40. The molecule has 1 saturated heterocycles. The molecule has 1 amide bonds. The van der Waals surface area contributed by atoms with Gasteiger partial charge in [-0.1, -0.05) is 6.92 Å². The van der Waals surface area contributed by atoms with Crippen molar-refractivity contribution in [3.05, 3.63) is 12.4 Å². The van der Waals surface area contributed by atoms with Gasteiger partial charge in [-0.2, -0.15) is 5.10 Å². The van der Waals surface area contributed by atoms with Gasteiger partial charge in [-0.15, -0.1) is 0 Å². The Bertz CT molecular complexity index is 427. The fourth-order valence-electron chi connectivity index (χ4n) is 2.24. The summed E-state index contributed by atoms with van der Waals surface area (Å²) >= 11 is 0. The lowest BCUT2D eigenvalue weighted by Gasteiger charge is -2.09. The van der Waals surface area contributed by atoms with E-state index in [0.29, 0.717) is 18.9 Å². The van der Waals surface area contributed by atoms with Gasteiger partial charge in [0.2, 0.25) is 5.91 Å². The molecule has 6 heteroatoms. The number of rotatable bonds is 7. The molecule has 0 saturated carbocycles. The number of carbonyl (C=O) groups excluding carboxylic acids is 1. The fourth-order valence-corrected chi connectivity index (χ4v) is 2.24. The summed E-state index contributed by atoms with van der Waals surface area (Å²) in [4.78, 5) is 11.8. The van der Waals surface area contributed by atoms with Crippen LogP contribution >= 0.6 is 0 Å². The van der Waals surface area contributed by atoms with Crippen molar-refractivity contribution in [1.29, 1.82) is 0 Å². The van der Waals surface area contributed by atoms with Gasteiger partial charge in [-0.3, -0.25) is 9.48 Å². The molecule has 1 fully saturated rings. The van der Waals surface area contributed by atoms with Crippen molar-refractivity contribution in [2.45, 2.75) is 45.3 Å². The number of hydrogen-bond donors (Lipinski definition) is 2. The summed E-state index contributed by atoms with van der Waals surface area (Å²) in [7, 11) is 0. The second-order valence-electron chi connectivity index (χ2n) is 5.51. The lowest BCUT2D eigenvalue weighted by atomic mass is 10.1. The second-order valence-corrected chi connectivity index (χ2v) is 5.51. The first kappa shape index (κ1) is 15.0. The van der Waals surface area contributed by atoms with E-state index in [9.17, 15) is 4.79 Å². The van der Waals surface area contributed by atoms with Crippen LogP contribution in [0.15, 0.2) is 12.4 Å². The minimum atomic E-state index is 0.0157. The molecule has 20 heavy (non-hydrogen) atoms. The van der Waals surface area contributed by atoms with Gasteiger partial charge in [0.1, 0.15) is 0 Å². The Kier molecular flexibility index (Phi) is 5.55. The summed E-state index contributed by atoms with van der Waals surface area (Å²) in [6.07, 6.45) is 7.30. The number of aromatic nitrogens is 2. The quantitative estimate of drug-likeness (QED) is 0.790. The lowest BCUT2D eigenvalue weighted by molar-refractivity contribution is -0.116. The van der Waals surface area contributed by atoms with Crippen LogP contribution in [0.5, 0.6) is 0 Å². The van der Waals surface area contributed by atoms with E-state index < -0.39 is 0 Å². The Morgan fingerprint density at radius 2 is 2.55 bits per heavy atom. The van der Waals surface area contributed by atoms with Gasteiger partial charge in [0.25, 0.3) is 0 Å². The van der Waals surface area contributed by atoms with Crippen molar-refractivity contribution >= 4 is 11.6 Å². The normalized spacial score (nSPS) is 20.0. The largest absolute Gasteiger partial charge is 0.376 e. The van der Waals surface area contributed by atoms with E-state index in [0.717, 1.165) is 38.1 Å². The molecule has 112 valence electrons. The van der Waals surface area contributed by atoms with Crippen molar-refractivity contribution in [3.8, 4) is 0 Å². The molecular formula is C14H24N4O2. The zero-order chi connectivity index (χ0) is 14.4. The maximum atomic E-state index is 11.8. The Morgan fingerprint density at radius 3 is 3.25 bits per heavy atom. The van der Waals surface area contributed by atoms with Gasteiger partial charge in [-0.25, -0.2) is 0 Å². The first-order valence-corrected chi connectivity index (χ1v) is 7.31. The van der Waals surface area contributed by atoms with E-state index >= 15 is 0 Å². The first-order valence-electron chi connectivity index (χ1n) is 7.31. The highest BCUT2D eigenvalue weighted by Gasteiger charge is 2.16. The molecule has 2 atom stereocenters. The molecule has 1 aliphatic heterocycles. The average Bonchev–Trinajstić information content (AvgIpc) is 3.08. The third kappa shape index (κ3) is 4.61. The fraction of sp³-hybridized carbons (Fsp3) is 0.714. The van der Waals surface area contributed by atoms with E-state index in [4.69, 9.17) is 10.5 Å². The van der Waals surface area contributed by atoms with Crippen LogP contribution in [0.4, 0.5) is 5.69 Å². The van der Waals surface area contributed by atoms with Crippen LogP contribution < -0.4 is 11.1 Å². The highest BCUT2D eigenvalue weighted by molar-refractivity contribution is 5.90. The molecule has 0 spiro atoms. The molecule has 2 heterocycles. The maximum Gasteiger partial charge on any atom is 0.224 e. The van der Waals surface area contributed by atoms with Gasteiger partial charge in [0.05, 0.1) is 24.5 Å². The van der Waals surface area contributed by atoms with Crippen LogP contribution in [0.3, 0.4) is 0 Å². The number of nitrogens with two attached hydrogens (primary N) is 1. The summed E-state index contributed by atoms with van der Waals surface area (Å²) in [6.45, 7) is 4.26. The van der Waals surface area contributed by atoms with Gasteiger partial charge in [0, 0.05) is 19.2 Å². The zero-order valence-corrected chi connectivity index (χ0v) is 12.0. The van der Waals surface area contributed by atoms with Gasteiger partial charge in [-0.05, 0) is 31.7 Å². The molecule has 1 aliphatic rings. The van der Waals surface area contributed by atoms with Gasteiger partial charge in [0.15, 0.2) is 0 Å². The standard InChI is InChI=1S/C14H24N4O2/c1-11(7-15)4-5-14(19)17-12-8-16-18(9-12)10-13-3-2-6-20-13/h8-9,11,13H,2-7,10,15H2,1H3,(H,17,19). The summed E-state index contributed by atoms with van der Waals surface area (Å²) in [5, 5.41) is 7.11. The Labute approximate surface area is 119 Å². The van der Waals surface area contributed by atoms with E-state index in [1.165, 1.54) is 0 Å². The third-order valence-electron chi connectivity index (χ3n) is 3.60. The summed E-state index contributed by atoms with van der Waals surface area (Å²) in [6, 6.07) is 0. The number of carbonyl (C=O) groups is 1. The van der Waals surface area contributed by atoms with Crippen LogP contribution in [0.2, 0.25) is 0 Å². The molecule has 1 aromatic rings. The molecule has 2 rings (SSSR count). The number of anilines is 1. The molecule has 0 aromatic carbocycles. The number of hydrogen-bond acceptors (Lipinski definition) is 4. The number of nitrogens with zero attached hydrogens (tertiary/aromatic N) is 2. The van der Waals surface area contributed by atoms with Crippen LogP contribution in [0.25, 0.3) is 0 Å². The maximum absolute atomic E-state index is 11.8. The average molecular weight is 280 g/mol. The van der Waals surface area contributed by atoms with Crippen LogP contribution in [-0.4, -0.2) is 34.9 Å². The predicted octanol–water partition coefficient (Wildman–Crippen LogP) is 1.38. The smallest absolute Gasteiger partial charge is 0.224 e. The Morgan fingerprint density at radius 1 is 1.70 bits per heavy atom. The molecule has 0 aliphatic carbocycles. The highest BCUT2D eigenvalue weighted by Crippen LogP contribution is 2.15. The van der Waals surface area contributed by atoms with E-state index in [-0.39, 0.29) is 12.0 Å². The Balaban J connectivity index is 1.75. The summed E-state index contributed by atoms with van der Waals surface area (Å²) < 4.78 is 7.39. The highest BCUT2D eigenvalue weighted by atomic mass is 16.5. The van der Waals surface area contributed by atoms with Crippen molar-refractivity contribution in [3.63, 3.8) is 0 Å². The van der Waals surface area contributed by atoms with Crippen LogP contribution in [0, 0.1) is 5.92 Å². The second kappa shape index (κ2) is 7.40. The topological polar surface area (TPSA) is 82.2 Å². The molecule has 6 nitrogen and oxygen atoms in total. The van der Waals surface area contributed by atoms with E-state index in [2.05, 4.69) is 10.4 Å². The number of ether oxygens (including phenoxy) is 1. The van der Waals surface area contributed by atoms with Gasteiger partial charge < -0.3 is 15.8 Å². The van der Waals surface area contributed by atoms with Crippen molar-refractivity contribution in [2.24, 2.45) is 11.7 Å². The SMILES string of the molecule is CC(CN)CCC(=O)Nc1cnn(CC2CCCO2)c1. The van der Waals surface area contributed by atoms with Crippen molar-refractivity contribution in [1.82, 2.24) is 9.78 Å². The summed E-state index contributed by atoms with van der Waals surface area (Å²) in [5.41, 5.74) is 6.28. The third-order valence-corrected chi connectivity index (χ3v) is 3.60. The number of amides is 1. The predicted molar refractivity (Wildman–Crippen MR) is 77.3 cm³/mol. The molecular weight excluding hydrogens is 256 g/mol. The van der Waals surface area contributed by atoms with Crippen molar-refractivity contribution in [2.75, 3.05) is 18.5 Å². The number of nitrogens with one attached hydrogen (secondary N) is 1. The molecule has 0 bridgehead atoms.